The summed E-state index contributed by atoms with van der Waals surface area (Å²) in [6.45, 7) is 10.2. The van der Waals surface area contributed by atoms with E-state index in [9.17, 15) is 5.11 Å². The second-order valence-corrected chi connectivity index (χ2v) is 6.71. The molecule has 122 valence electrons. The Hall–Kier alpha value is -0.940. The van der Waals surface area contributed by atoms with Crippen LogP contribution in [0.1, 0.15) is 31.1 Å². The summed E-state index contributed by atoms with van der Waals surface area (Å²) in [4.78, 5) is 4.93. The van der Waals surface area contributed by atoms with Gasteiger partial charge in [-0.2, -0.15) is 0 Å². The molecule has 0 saturated carbocycles. The molecule has 1 aromatic carbocycles. The van der Waals surface area contributed by atoms with E-state index in [-0.39, 0.29) is 12.1 Å². The van der Waals surface area contributed by atoms with E-state index in [1.54, 1.807) is 0 Å². The Kier molecular flexibility index (Phi) is 5.14. The molecule has 1 fully saturated rings. The molecule has 4 nitrogen and oxygen atoms in total. The van der Waals surface area contributed by atoms with Crippen LogP contribution in [-0.4, -0.2) is 66.4 Å². The van der Waals surface area contributed by atoms with Gasteiger partial charge in [-0.3, -0.25) is 9.80 Å². The third-order valence-electron chi connectivity index (χ3n) is 4.90. The Morgan fingerprint density at radius 1 is 1.18 bits per heavy atom. The molecular weight excluding hydrogens is 276 g/mol. The molecule has 1 saturated heterocycles. The second-order valence-electron chi connectivity index (χ2n) is 6.71. The molecule has 2 unspecified atom stereocenters. The Bertz CT molecular complexity index is 484. The van der Waals surface area contributed by atoms with E-state index >= 15 is 0 Å². The molecule has 1 heterocycles. The molecule has 2 atom stereocenters. The van der Waals surface area contributed by atoms with Crippen LogP contribution in [-0.2, 0) is 11.2 Å². The zero-order valence-electron chi connectivity index (χ0n) is 13.7. The largest absolute Gasteiger partial charge is 0.387 e. The van der Waals surface area contributed by atoms with E-state index in [0.717, 1.165) is 51.3 Å². The maximum Gasteiger partial charge on any atom is 0.0951 e. The van der Waals surface area contributed by atoms with E-state index in [2.05, 4.69) is 41.8 Å². The summed E-state index contributed by atoms with van der Waals surface area (Å²) < 4.78 is 5.64. The molecule has 0 amide bonds. The quantitative estimate of drug-likeness (QED) is 0.898. The summed E-state index contributed by atoms with van der Waals surface area (Å²) in [6.07, 6.45) is 0.966. The van der Waals surface area contributed by atoms with Gasteiger partial charge in [0.15, 0.2) is 0 Å². The Balaban J connectivity index is 1.48. The molecular formula is C18H28N2O2. The van der Waals surface area contributed by atoms with Crippen LogP contribution in [0, 0.1) is 0 Å². The van der Waals surface area contributed by atoms with Crippen molar-refractivity contribution >= 4 is 0 Å². The normalized spacial score (nSPS) is 26.5. The Morgan fingerprint density at radius 3 is 2.59 bits per heavy atom. The number of hydrogen-bond acceptors (Lipinski definition) is 4. The summed E-state index contributed by atoms with van der Waals surface area (Å²) in [5.74, 6) is 0. The minimum atomic E-state index is -0.327. The first-order valence-electron chi connectivity index (χ1n) is 8.49. The predicted octanol–water partition coefficient (Wildman–Crippen LogP) is 1.69. The van der Waals surface area contributed by atoms with Gasteiger partial charge in [0.2, 0.25) is 0 Å². The number of rotatable bonds is 5. The fourth-order valence-corrected chi connectivity index (χ4v) is 3.62. The first kappa shape index (κ1) is 15.9. The van der Waals surface area contributed by atoms with Crippen molar-refractivity contribution in [3.8, 4) is 0 Å². The number of hydrogen-bond donors (Lipinski definition) is 1. The minimum Gasteiger partial charge on any atom is -0.387 e. The topological polar surface area (TPSA) is 35.9 Å². The average Bonchev–Trinajstić information content (AvgIpc) is 2.85. The molecule has 2 aliphatic rings. The van der Waals surface area contributed by atoms with Crippen LogP contribution in [0.5, 0.6) is 0 Å². The molecule has 0 bridgehead atoms. The minimum absolute atomic E-state index is 0.256. The van der Waals surface area contributed by atoms with E-state index < -0.39 is 0 Å². The maximum absolute atomic E-state index is 10.6. The van der Waals surface area contributed by atoms with Crippen LogP contribution >= 0.6 is 0 Å². The van der Waals surface area contributed by atoms with Crippen molar-refractivity contribution in [2.45, 2.75) is 38.5 Å². The van der Waals surface area contributed by atoms with Crippen LogP contribution in [0.3, 0.4) is 0 Å². The fourth-order valence-electron chi connectivity index (χ4n) is 3.62. The predicted molar refractivity (Wildman–Crippen MR) is 88.0 cm³/mol. The van der Waals surface area contributed by atoms with E-state index in [0.29, 0.717) is 6.10 Å². The van der Waals surface area contributed by atoms with E-state index in [1.807, 2.05) is 6.07 Å². The smallest absolute Gasteiger partial charge is 0.0951 e. The summed E-state index contributed by atoms with van der Waals surface area (Å²) in [6, 6.07) is 8.57. The molecule has 1 N–H and O–H groups in total. The first-order chi connectivity index (χ1) is 10.6. The van der Waals surface area contributed by atoms with Crippen LogP contribution in [0.25, 0.3) is 0 Å². The molecule has 1 aromatic rings. The number of piperazine rings is 1. The van der Waals surface area contributed by atoms with Gasteiger partial charge in [-0.15, -0.1) is 0 Å². The molecule has 0 radical (unpaired) electrons. The van der Waals surface area contributed by atoms with Crippen molar-refractivity contribution in [2.24, 2.45) is 0 Å². The lowest BCUT2D eigenvalue weighted by atomic mass is 10.1. The SMILES string of the molecule is CC(C)OCCN1CCN(C2Cc3ccccc3C2O)CC1. The van der Waals surface area contributed by atoms with Crippen molar-refractivity contribution in [3.05, 3.63) is 35.4 Å². The van der Waals surface area contributed by atoms with Gasteiger partial charge in [0.1, 0.15) is 0 Å². The molecule has 0 aromatic heterocycles. The lowest BCUT2D eigenvalue weighted by Crippen LogP contribution is -2.52. The number of benzene rings is 1. The number of nitrogens with zero attached hydrogens (tertiary/aromatic N) is 2. The van der Waals surface area contributed by atoms with E-state index in [4.69, 9.17) is 4.74 Å². The third kappa shape index (κ3) is 3.51. The van der Waals surface area contributed by atoms with E-state index in [1.165, 1.54) is 5.56 Å². The average molecular weight is 304 g/mol. The lowest BCUT2D eigenvalue weighted by molar-refractivity contribution is 0.0117. The third-order valence-corrected chi connectivity index (χ3v) is 4.90. The highest BCUT2D eigenvalue weighted by atomic mass is 16.5. The summed E-state index contributed by atoms with van der Waals surface area (Å²) >= 11 is 0. The zero-order chi connectivity index (χ0) is 15.5. The lowest BCUT2D eigenvalue weighted by Gasteiger charge is -2.39. The Labute approximate surface area is 133 Å². The van der Waals surface area contributed by atoms with Crippen molar-refractivity contribution < 1.29 is 9.84 Å². The van der Waals surface area contributed by atoms with Gasteiger partial charge in [-0.05, 0) is 31.4 Å². The van der Waals surface area contributed by atoms with Crippen LogP contribution in [0.15, 0.2) is 24.3 Å². The van der Waals surface area contributed by atoms with Crippen LogP contribution in [0.2, 0.25) is 0 Å². The number of fused-ring (bicyclic) bond motifs is 1. The van der Waals surface area contributed by atoms with Crippen molar-refractivity contribution in [2.75, 3.05) is 39.3 Å². The highest BCUT2D eigenvalue weighted by Gasteiger charge is 2.35. The summed E-state index contributed by atoms with van der Waals surface area (Å²) in [7, 11) is 0. The van der Waals surface area contributed by atoms with Gasteiger partial charge in [0.25, 0.3) is 0 Å². The standard InChI is InChI=1S/C18H28N2O2/c1-14(2)22-12-11-19-7-9-20(10-8-19)17-13-15-5-3-4-6-16(15)18(17)21/h3-6,14,17-18,21H,7-13H2,1-2H3. The van der Waals surface area contributed by atoms with Crippen molar-refractivity contribution in [1.82, 2.24) is 9.80 Å². The summed E-state index contributed by atoms with van der Waals surface area (Å²) in [5, 5.41) is 10.6. The van der Waals surface area contributed by atoms with Crippen molar-refractivity contribution in [3.63, 3.8) is 0 Å². The van der Waals surface area contributed by atoms with Gasteiger partial charge in [-0.1, -0.05) is 24.3 Å². The monoisotopic (exact) mass is 304 g/mol. The highest BCUT2D eigenvalue weighted by molar-refractivity contribution is 5.35. The maximum atomic E-state index is 10.6. The fraction of sp³-hybridized carbons (Fsp3) is 0.667. The number of ether oxygens (including phenoxy) is 1. The molecule has 1 aliphatic carbocycles. The number of aliphatic hydroxyl groups excluding tert-OH is 1. The highest BCUT2D eigenvalue weighted by Crippen LogP contribution is 2.34. The van der Waals surface area contributed by atoms with Gasteiger partial charge >= 0.3 is 0 Å². The molecule has 4 heteroatoms. The molecule has 3 rings (SSSR count). The van der Waals surface area contributed by atoms with Crippen molar-refractivity contribution in [1.29, 1.82) is 0 Å². The summed E-state index contributed by atoms with van der Waals surface area (Å²) in [5.41, 5.74) is 2.44. The second kappa shape index (κ2) is 7.09. The molecule has 22 heavy (non-hydrogen) atoms. The van der Waals surface area contributed by atoms with Gasteiger partial charge in [-0.25, -0.2) is 0 Å². The van der Waals surface area contributed by atoms with Crippen LogP contribution < -0.4 is 0 Å². The number of aliphatic hydroxyl groups is 1. The molecule has 0 spiro atoms. The van der Waals surface area contributed by atoms with Gasteiger partial charge < -0.3 is 9.84 Å². The van der Waals surface area contributed by atoms with Gasteiger partial charge in [0, 0.05) is 38.8 Å². The van der Waals surface area contributed by atoms with Gasteiger partial charge in [0.05, 0.1) is 18.8 Å². The zero-order valence-corrected chi connectivity index (χ0v) is 13.7. The Morgan fingerprint density at radius 2 is 1.91 bits per heavy atom. The van der Waals surface area contributed by atoms with Crippen LogP contribution in [0.4, 0.5) is 0 Å². The molecule has 1 aliphatic heterocycles. The first-order valence-corrected chi connectivity index (χ1v) is 8.49.